The molecule has 4 heteroatoms. The Bertz CT molecular complexity index is 305. The van der Waals surface area contributed by atoms with Gasteiger partial charge in [-0.1, -0.05) is 6.42 Å². The summed E-state index contributed by atoms with van der Waals surface area (Å²) in [6.07, 6.45) is 5.94. The molecule has 0 amide bonds. The van der Waals surface area contributed by atoms with Gasteiger partial charge in [-0.15, -0.1) is 11.3 Å². The molecule has 2 rings (SSSR count). The van der Waals surface area contributed by atoms with Crippen LogP contribution in [0.5, 0.6) is 0 Å². The number of rotatable bonds is 3. The Morgan fingerprint density at radius 2 is 2.47 bits per heavy atom. The molecule has 0 bridgehead atoms. The van der Waals surface area contributed by atoms with E-state index < -0.39 is 0 Å². The third-order valence-electron chi connectivity index (χ3n) is 2.84. The van der Waals surface area contributed by atoms with Gasteiger partial charge in [-0.25, -0.2) is 4.98 Å². The normalized spacial score (nSPS) is 21.6. The van der Waals surface area contributed by atoms with Gasteiger partial charge < -0.3 is 10.2 Å². The van der Waals surface area contributed by atoms with Gasteiger partial charge in [-0.05, 0) is 26.3 Å². The molecule has 15 heavy (non-hydrogen) atoms. The molecular formula is C11H19N3S. The minimum atomic E-state index is 0.646. The van der Waals surface area contributed by atoms with Crippen LogP contribution < -0.4 is 10.2 Å². The third kappa shape index (κ3) is 2.92. The zero-order chi connectivity index (χ0) is 10.7. The molecule has 3 nitrogen and oxygen atoms in total. The zero-order valence-corrected chi connectivity index (χ0v) is 10.3. The molecule has 1 unspecified atom stereocenters. The molecule has 1 aliphatic heterocycles. The number of piperidine rings is 1. The van der Waals surface area contributed by atoms with Crippen molar-refractivity contribution in [1.82, 2.24) is 10.3 Å². The molecule has 1 saturated heterocycles. The molecule has 1 aromatic rings. The summed E-state index contributed by atoms with van der Waals surface area (Å²) in [6, 6.07) is 0.646. The first-order chi connectivity index (χ1) is 7.25. The van der Waals surface area contributed by atoms with Crippen LogP contribution in [0.1, 0.15) is 24.1 Å². The van der Waals surface area contributed by atoms with Gasteiger partial charge in [0, 0.05) is 30.7 Å². The fraction of sp³-hybridized carbons (Fsp3) is 0.727. The first kappa shape index (κ1) is 10.9. The summed E-state index contributed by atoms with van der Waals surface area (Å²) >= 11 is 1.77. The Morgan fingerprint density at radius 1 is 1.60 bits per heavy atom. The van der Waals surface area contributed by atoms with Gasteiger partial charge in [0.1, 0.15) is 0 Å². The van der Waals surface area contributed by atoms with Gasteiger partial charge >= 0.3 is 0 Å². The molecule has 1 aromatic heterocycles. The van der Waals surface area contributed by atoms with Crippen LogP contribution in [0.15, 0.2) is 6.20 Å². The van der Waals surface area contributed by atoms with Crippen LogP contribution in [0.25, 0.3) is 0 Å². The van der Waals surface area contributed by atoms with Gasteiger partial charge in [-0.2, -0.15) is 0 Å². The fourth-order valence-corrected chi connectivity index (χ4v) is 2.74. The summed E-state index contributed by atoms with van der Waals surface area (Å²) in [5.74, 6) is 0. The van der Waals surface area contributed by atoms with Gasteiger partial charge in [0.2, 0.25) is 0 Å². The van der Waals surface area contributed by atoms with Gasteiger partial charge in [-0.3, -0.25) is 0 Å². The van der Waals surface area contributed by atoms with E-state index in [0.29, 0.717) is 6.04 Å². The van der Waals surface area contributed by atoms with E-state index in [4.69, 9.17) is 0 Å². The molecule has 1 atom stereocenters. The van der Waals surface area contributed by atoms with Crippen molar-refractivity contribution in [2.75, 3.05) is 25.0 Å². The smallest absolute Gasteiger partial charge is 0.185 e. The standard InChI is InChI=1S/C11H19N3S/c1-9-7-13-11(15-9)14(2)8-10-5-3-4-6-12-10/h7,10,12H,3-6,8H2,1-2H3. The molecular weight excluding hydrogens is 206 g/mol. The number of aryl methyl sites for hydroxylation is 1. The lowest BCUT2D eigenvalue weighted by Crippen LogP contribution is -2.42. The van der Waals surface area contributed by atoms with E-state index >= 15 is 0 Å². The highest BCUT2D eigenvalue weighted by Gasteiger charge is 2.15. The number of nitrogens with one attached hydrogen (secondary N) is 1. The van der Waals surface area contributed by atoms with E-state index in [2.05, 4.69) is 29.2 Å². The number of hydrogen-bond acceptors (Lipinski definition) is 4. The topological polar surface area (TPSA) is 28.2 Å². The minimum Gasteiger partial charge on any atom is -0.350 e. The summed E-state index contributed by atoms with van der Waals surface area (Å²) in [5, 5.41) is 4.70. The monoisotopic (exact) mass is 225 g/mol. The van der Waals surface area contributed by atoms with Crippen molar-refractivity contribution in [2.24, 2.45) is 0 Å². The second-order valence-electron chi connectivity index (χ2n) is 4.28. The lowest BCUT2D eigenvalue weighted by atomic mass is 10.1. The Hall–Kier alpha value is -0.610. The van der Waals surface area contributed by atoms with Crippen LogP contribution in [0.2, 0.25) is 0 Å². The van der Waals surface area contributed by atoms with Crippen molar-refractivity contribution in [3.63, 3.8) is 0 Å². The van der Waals surface area contributed by atoms with Crippen molar-refractivity contribution < 1.29 is 0 Å². The number of thiazole rings is 1. The lowest BCUT2D eigenvalue weighted by Gasteiger charge is -2.27. The number of nitrogens with zero attached hydrogens (tertiary/aromatic N) is 2. The highest BCUT2D eigenvalue weighted by atomic mass is 32.1. The van der Waals surface area contributed by atoms with Gasteiger partial charge in [0.25, 0.3) is 0 Å². The fourth-order valence-electron chi connectivity index (χ4n) is 2.01. The maximum atomic E-state index is 4.40. The third-order valence-corrected chi connectivity index (χ3v) is 3.87. The molecule has 0 aliphatic carbocycles. The van der Waals surface area contributed by atoms with Crippen molar-refractivity contribution in [2.45, 2.75) is 32.2 Å². The molecule has 0 aromatic carbocycles. The molecule has 0 radical (unpaired) electrons. The van der Waals surface area contributed by atoms with Gasteiger partial charge in [0.15, 0.2) is 5.13 Å². The van der Waals surface area contributed by atoms with Crippen LogP contribution >= 0.6 is 11.3 Å². The molecule has 84 valence electrons. The van der Waals surface area contributed by atoms with Crippen LogP contribution in [0.4, 0.5) is 5.13 Å². The van der Waals surface area contributed by atoms with Crippen LogP contribution in [0, 0.1) is 6.92 Å². The summed E-state index contributed by atoms with van der Waals surface area (Å²) < 4.78 is 0. The second-order valence-corrected chi connectivity index (χ2v) is 5.49. The van der Waals surface area contributed by atoms with Crippen molar-refractivity contribution in [1.29, 1.82) is 0 Å². The summed E-state index contributed by atoms with van der Waals surface area (Å²) in [4.78, 5) is 7.95. The first-order valence-corrected chi connectivity index (χ1v) is 6.44. The van der Waals surface area contributed by atoms with E-state index in [1.807, 2.05) is 6.20 Å². The first-order valence-electron chi connectivity index (χ1n) is 5.62. The summed E-state index contributed by atoms with van der Waals surface area (Å²) in [5.41, 5.74) is 0. The van der Waals surface area contributed by atoms with Crippen molar-refractivity contribution in [3.05, 3.63) is 11.1 Å². The van der Waals surface area contributed by atoms with Crippen LogP contribution in [-0.4, -0.2) is 31.2 Å². The van der Waals surface area contributed by atoms with E-state index in [9.17, 15) is 0 Å². The van der Waals surface area contributed by atoms with E-state index in [-0.39, 0.29) is 0 Å². The Labute approximate surface area is 95.5 Å². The molecule has 0 saturated carbocycles. The summed E-state index contributed by atoms with van der Waals surface area (Å²) in [6.45, 7) is 4.36. The van der Waals surface area contributed by atoms with E-state index in [1.54, 1.807) is 11.3 Å². The Morgan fingerprint density at radius 3 is 3.07 bits per heavy atom. The van der Waals surface area contributed by atoms with E-state index in [0.717, 1.165) is 11.7 Å². The maximum Gasteiger partial charge on any atom is 0.185 e. The number of anilines is 1. The predicted octanol–water partition coefficient (Wildman–Crippen LogP) is 2.03. The highest BCUT2D eigenvalue weighted by molar-refractivity contribution is 7.15. The van der Waals surface area contributed by atoms with Crippen molar-refractivity contribution >= 4 is 16.5 Å². The van der Waals surface area contributed by atoms with Crippen molar-refractivity contribution in [3.8, 4) is 0 Å². The van der Waals surface area contributed by atoms with Gasteiger partial charge in [0.05, 0.1) is 0 Å². The summed E-state index contributed by atoms with van der Waals surface area (Å²) in [7, 11) is 2.13. The largest absolute Gasteiger partial charge is 0.350 e. The molecule has 2 heterocycles. The van der Waals surface area contributed by atoms with E-state index in [1.165, 1.54) is 30.7 Å². The molecule has 1 fully saturated rings. The molecule has 1 N–H and O–H groups in total. The molecule has 1 aliphatic rings. The number of likely N-dealkylation sites (N-methyl/N-ethyl adjacent to an activating group) is 1. The highest BCUT2D eigenvalue weighted by Crippen LogP contribution is 2.21. The Balaban J connectivity index is 1.88. The number of aromatic nitrogens is 1. The van der Waals surface area contributed by atoms with Crippen LogP contribution in [-0.2, 0) is 0 Å². The second kappa shape index (κ2) is 4.94. The predicted molar refractivity (Wildman–Crippen MR) is 65.8 cm³/mol. The zero-order valence-electron chi connectivity index (χ0n) is 9.49. The Kier molecular flexibility index (Phi) is 3.59. The quantitative estimate of drug-likeness (QED) is 0.853. The lowest BCUT2D eigenvalue weighted by molar-refractivity contribution is 0.403. The minimum absolute atomic E-state index is 0.646. The molecule has 0 spiro atoms. The number of hydrogen-bond donors (Lipinski definition) is 1. The maximum absolute atomic E-state index is 4.40. The average Bonchev–Trinajstić information content (AvgIpc) is 2.66. The SMILES string of the molecule is Cc1cnc(N(C)CC2CCCCN2)s1. The average molecular weight is 225 g/mol. The van der Waals surface area contributed by atoms with Crippen LogP contribution in [0.3, 0.4) is 0 Å².